The van der Waals surface area contributed by atoms with Crippen molar-refractivity contribution in [2.75, 3.05) is 9.80 Å². The summed E-state index contributed by atoms with van der Waals surface area (Å²) < 4.78 is 140. The number of halogens is 12. The molecule has 0 unspecified atom stereocenters. The number of benzene rings is 3. The van der Waals surface area contributed by atoms with Gasteiger partial charge in [-0.25, -0.2) is 14.2 Å². The fourth-order valence-corrected chi connectivity index (χ4v) is 8.95. The first-order chi connectivity index (χ1) is 25.4. The van der Waals surface area contributed by atoms with Crippen LogP contribution in [0.15, 0.2) is 72.3 Å². The van der Waals surface area contributed by atoms with E-state index >= 15 is 0 Å². The molecule has 0 bridgehead atoms. The first kappa shape index (κ1) is 38.4. The molecule has 0 radical (unpaired) electrons. The number of phenolic OH excluding ortho intramolecular Hbond substituents is 1. The first-order valence-corrected chi connectivity index (χ1v) is 16.6. The minimum atomic E-state index is -5.35. The van der Waals surface area contributed by atoms with E-state index in [1.165, 1.54) is 6.08 Å². The highest BCUT2D eigenvalue weighted by Crippen LogP contribution is 2.67. The molecule has 2 aliphatic carbocycles. The number of amides is 4. The number of rotatable bonds is 4. The molecular formula is C35H20Cl2F10N2O6. The van der Waals surface area contributed by atoms with E-state index in [0.717, 1.165) is 30.3 Å². The summed E-state index contributed by atoms with van der Waals surface area (Å²) in [7, 11) is 0. The van der Waals surface area contributed by atoms with Gasteiger partial charge >= 0.3 is 18.7 Å². The van der Waals surface area contributed by atoms with Crippen LogP contribution in [0, 0.1) is 23.6 Å². The SMILES string of the molecule is O=C1[C@H]2[C@H](CC=C3[C@H]2C[C@@]2(Cl)C(=O)N(c4ccc(F)cc4)C(=O)[C@@]2(Cl)[C@H]3c2cc(OC(F)(F)F)ccc2O)C(=O)N1c1cc(C(F)(F)F)cc(C(F)(F)F)c1. The van der Waals surface area contributed by atoms with Crippen LogP contribution in [0.4, 0.5) is 55.3 Å². The molecule has 1 N–H and O–H groups in total. The second-order valence-electron chi connectivity index (χ2n) is 13.3. The maximum atomic E-state index is 14.4. The van der Waals surface area contributed by atoms with Gasteiger partial charge in [0.05, 0.1) is 34.3 Å². The van der Waals surface area contributed by atoms with Gasteiger partial charge < -0.3 is 9.84 Å². The standard InChI is InChI=1S/C35H20Cl2F10N2O6/c36-31-13-23-20(6-7-21-25(23)28(52)48(27(21)51)18-10-14(33(39,40)41)9-15(11-18)34(42,43)44)26(22-12-19(5-8-24(22)50)55-35(45,46)47)32(31,37)30(54)49(29(31)53)17-3-1-16(38)2-4-17/h1-6,8-12,21,23,25-26,50H,7,13H2/t21-,23+,25-,26+,31+,32-/m0/s1. The molecule has 2 heterocycles. The minimum absolute atomic E-state index is 0.114. The highest BCUT2D eigenvalue weighted by atomic mass is 35.5. The van der Waals surface area contributed by atoms with Crippen LogP contribution in [0.5, 0.6) is 11.5 Å². The summed E-state index contributed by atoms with van der Waals surface area (Å²) in [6.07, 6.45) is -16.0. The van der Waals surface area contributed by atoms with Crippen LogP contribution >= 0.6 is 23.2 Å². The summed E-state index contributed by atoms with van der Waals surface area (Å²) in [5, 5.41) is 11.1. The van der Waals surface area contributed by atoms with Crippen LogP contribution < -0.4 is 14.5 Å². The van der Waals surface area contributed by atoms with Crippen LogP contribution in [-0.4, -0.2) is 44.8 Å². The van der Waals surface area contributed by atoms with Gasteiger partial charge in [-0.15, -0.1) is 36.4 Å². The van der Waals surface area contributed by atoms with Gasteiger partial charge in [-0.2, -0.15) is 26.3 Å². The van der Waals surface area contributed by atoms with Crippen molar-refractivity contribution in [1.29, 1.82) is 0 Å². The number of hydrogen-bond acceptors (Lipinski definition) is 6. The lowest BCUT2D eigenvalue weighted by molar-refractivity contribution is -0.274. The second-order valence-corrected chi connectivity index (χ2v) is 14.5. The highest BCUT2D eigenvalue weighted by Gasteiger charge is 2.77. The van der Waals surface area contributed by atoms with Crippen LogP contribution in [-0.2, 0) is 31.5 Å². The number of nitrogens with zero attached hydrogens (tertiary/aromatic N) is 2. The molecule has 1 saturated carbocycles. The Balaban J connectivity index is 1.40. The molecule has 7 rings (SSSR count). The first-order valence-electron chi connectivity index (χ1n) is 15.9. The number of fused-ring (bicyclic) bond motifs is 4. The molecular weight excluding hydrogens is 805 g/mol. The van der Waals surface area contributed by atoms with Crippen LogP contribution in [0.3, 0.4) is 0 Å². The Kier molecular flexibility index (Phi) is 8.62. The maximum Gasteiger partial charge on any atom is 0.573 e. The van der Waals surface area contributed by atoms with E-state index in [2.05, 4.69) is 4.74 Å². The Hall–Kier alpha value is -4.84. The number of carbonyl (C=O) groups is 4. The quantitative estimate of drug-likeness (QED) is 0.123. The zero-order valence-corrected chi connectivity index (χ0v) is 28.5. The van der Waals surface area contributed by atoms with Crippen molar-refractivity contribution in [3.63, 3.8) is 0 Å². The smallest absolute Gasteiger partial charge is 0.508 e. The number of anilines is 2. The van der Waals surface area contributed by atoms with Gasteiger partial charge in [0.2, 0.25) is 11.8 Å². The van der Waals surface area contributed by atoms with E-state index in [-0.39, 0.29) is 34.4 Å². The molecule has 3 aromatic carbocycles. The van der Waals surface area contributed by atoms with E-state index < -0.39 is 128 Å². The van der Waals surface area contributed by atoms with Crippen molar-refractivity contribution in [3.05, 3.63) is 94.8 Å². The molecule has 8 nitrogen and oxygen atoms in total. The van der Waals surface area contributed by atoms with Crippen molar-refractivity contribution in [1.82, 2.24) is 0 Å². The van der Waals surface area contributed by atoms with E-state index in [1.54, 1.807) is 0 Å². The molecule has 2 saturated heterocycles. The van der Waals surface area contributed by atoms with Crippen molar-refractivity contribution in [3.8, 4) is 11.5 Å². The van der Waals surface area contributed by atoms with Gasteiger partial charge in [0.15, 0.2) is 9.75 Å². The van der Waals surface area contributed by atoms with E-state index in [9.17, 15) is 68.2 Å². The molecule has 3 fully saturated rings. The monoisotopic (exact) mass is 824 g/mol. The van der Waals surface area contributed by atoms with Crippen LogP contribution in [0.2, 0.25) is 0 Å². The fourth-order valence-electron chi connectivity index (χ4n) is 8.03. The van der Waals surface area contributed by atoms with Crippen molar-refractivity contribution in [2.45, 2.75) is 47.2 Å². The third-order valence-electron chi connectivity index (χ3n) is 10.3. The molecule has 4 amide bonds. The summed E-state index contributed by atoms with van der Waals surface area (Å²) in [5.74, 6) is -14.2. The highest BCUT2D eigenvalue weighted by molar-refractivity contribution is 6.58. The number of allylic oxidation sites excluding steroid dienone is 2. The lowest BCUT2D eigenvalue weighted by Gasteiger charge is -2.50. The Morgan fingerprint density at radius 1 is 0.727 bits per heavy atom. The third kappa shape index (κ3) is 5.90. The average molecular weight is 825 g/mol. The Bertz CT molecular complexity index is 2180. The minimum Gasteiger partial charge on any atom is -0.508 e. The fraction of sp³-hybridized carbons (Fsp3) is 0.314. The third-order valence-corrected chi connectivity index (χ3v) is 11.7. The zero-order valence-electron chi connectivity index (χ0n) is 27.0. The number of hydrogen-bond donors (Lipinski definition) is 1. The maximum absolute atomic E-state index is 14.4. The molecule has 20 heteroatoms. The van der Waals surface area contributed by atoms with Gasteiger partial charge in [-0.3, -0.25) is 19.2 Å². The van der Waals surface area contributed by atoms with Crippen molar-refractivity contribution in [2.24, 2.45) is 17.8 Å². The lowest BCUT2D eigenvalue weighted by atomic mass is 9.56. The lowest BCUT2D eigenvalue weighted by Crippen LogP contribution is -2.60. The normalized spacial score (nSPS) is 28.3. The van der Waals surface area contributed by atoms with Gasteiger partial charge in [-0.1, -0.05) is 11.6 Å². The van der Waals surface area contributed by atoms with E-state index in [1.807, 2.05) is 0 Å². The number of carbonyl (C=O) groups excluding carboxylic acids is 4. The molecule has 290 valence electrons. The molecule has 55 heavy (non-hydrogen) atoms. The van der Waals surface area contributed by atoms with Gasteiger partial charge in [0, 0.05) is 11.5 Å². The second kappa shape index (κ2) is 12.3. The summed E-state index contributed by atoms with van der Waals surface area (Å²) in [6.45, 7) is 0. The Morgan fingerprint density at radius 3 is 1.89 bits per heavy atom. The van der Waals surface area contributed by atoms with Crippen LogP contribution in [0.1, 0.15) is 35.4 Å². The van der Waals surface area contributed by atoms with Gasteiger partial charge in [-0.05, 0) is 79.4 Å². The largest absolute Gasteiger partial charge is 0.573 e. The van der Waals surface area contributed by atoms with E-state index in [4.69, 9.17) is 23.2 Å². The summed E-state index contributed by atoms with van der Waals surface area (Å²) >= 11 is 14.2. The molecule has 0 aromatic heterocycles. The van der Waals surface area contributed by atoms with Crippen molar-refractivity contribution < 1.29 is 72.9 Å². The zero-order chi connectivity index (χ0) is 40.4. The average Bonchev–Trinajstić information content (AvgIpc) is 3.42. The van der Waals surface area contributed by atoms with E-state index in [0.29, 0.717) is 17.0 Å². The number of imide groups is 2. The molecule has 2 aliphatic heterocycles. The van der Waals surface area contributed by atoms with Crippen molar-refractivity contribution >= 4 is 58.2 Å². The predicted molar refractivity (Wildman–Crippen MR) is 170 cm³/mol. The van der Waals surface area contributed by atoms with Gasteiger partial charge in [0.25, 0.3) is 11.8 Å². The molecule has 4 aliphatic rings. The number of alkyl halides is 11. The topological polar surface area (TPSA) is 104 Å². The van der Waals surface area contributed by atoms with Gasteiger partial charge in [0.1, 0.15) is 17.3 Å². The molecule has 6 atom stereocenters. The molecule has 0 spiro atoms. The molecule has 3 aromatic rings. The number of phenols is 1. The number of aromatic hydroxyl groups is 1. The summed E-state index contributed by atoms with van der Waals surface area (Å²) in [6, 6.07) is 6.04. The Morgan fingerprint density at radius 2 is 1.33 bits per heavy atom. The van der Waals surface area contributed by atoms with Crippen LogP contribution in [0.25, 0.3) is 0 Å². The Labute approximate surface area is 311 Å². The summed E-state index contributed by atoms with van der Waals surface area (Å²) in [5.41, 5.74) is -5.68. The predicted octanol–water partition coefficient (Wildman–Crippen LogP) is 8.24. The number of ether oxygens (including phenoxy) is 1. The summed E-state index contributed by atoms with van der Waals surface area (Å²) in [4.78, 5) is 52.0.